The third-order valence-corrected chi connectivity index (χ3v) is 2.31. The number of allylic oxidation sites excluding steroid dienone is 1. The van der Waals surface area contributed by atoms with Gasteiger partial charge < -0.3 is 10.5 Å². The summed E-state index contributed by atoms with van der Waals surface area (Å²) in [5.74, 6) is 0.561. The lowest BCUT2D eigenvalue weighted by atomic mass is 10.1. The average molecular weight is 259 g/mol. The van der Waals surface area contributed by atoms with Crippen LogP contribution >= 0.6 is 0 Å². The van der Waals surface area contributed by atoms with Crippen LogP contribution in [0.2, 0.25) is 0 Å². The zero-order valence-electron chi connectivity index (χ0n) is 9.96. The second-order valence-electron chi connectivity index (χ2n) is 3.93. The van der Waals surface area contributed by atoms with Crippen LogP contribution < -0.4 is 10.5 Å². The molecule has 0 unspecified atom stereocenters. The average Bonchev–Trinajstić information content (AvgIpc) is 2.26. The first-order valence-corrected chi connectivity index (χ1v) is 5.61. The minimum atomic E-state index is -4.13. The summed E-state index contributed by atoms with van der Waals surface area (Å²) in [7, 11) is 0. The fourth-order valence-corrected chi connectivity index (χ4v) is 1.51. The Balaban J connectivity index is 2.53. The maximum atomic E-state index is 11.9. The topological polar surface area (TPSA) is 35.2 Å². The molecular weight excluding hydrogens is 243 g/mol. The first kappa shape index (κ1) is 14.4. The highest BCUT2D eigenvalue weighted by molar-refractivity contribution is 5.48. The number of halogens is 3. The molecule has 0 aromatic heterocycles. The van der Waals surface area contributed by atoms with Gasteiger partial charge in [-0.25, -0.2) is 0 Å². The highest BCUT2D eigenvalue weighted by atomic mass is 19.4. The summed E-state index contributed by atoms with van der Waals surface area (Å²) in [6, 6.07) is 5.06. The van der Waals surface area contributed by atoms with Gasteiger partial charge in [0.25, 0.3) is 0 Å². The maximum Gasteiger partial charge on any atom is 0.389 e. The molecule has 1 rings (SSSR count). The molecule has 0 aliphatic heterocycles. The van der Waals surface area contributed by atoms with Gasteiger partial charge >= 0.3 is 6.18 Å². The van der Waals surface area contributed by atoms with E-state index in [0.29, 0.717) is 17.9 Å². The molecule has 1 aromatic rings. The highest BCUT2D eigenvalue weighted by Crippen LogP contribution is 2.24. The molecule has 100 valence electrons. The quantitative estimate of drug-likeness (QED) is 0.480. The summed E-state index contributed by atoms with van der Waals surface area (Å²) in [5.41, 5.74) is 7.05. The van der Waals surface area contributed by atoms with Crippen molar-refractivity contribution in [2.45, 2.75) is 25.4 Å². The van der Waals surface area contributed by atoms with Gasteiger partial charge in [-0.3, -0.25) is 0 Å². The van der Waals surface area contributed by atoms with Crippen LogP contribution in [0.3, 0.4) is 0 Å². The summed E-state index contributed by atoms with van der Waals surface area (Å²) in [4.78, 5) is 0. The molecule has 0 heterocycles. The van der Waals surface area contributed by atoms with E-state index in [0.717, 1.165) is 5.56 Å². The minimum Gasteiger partial charge on any atom is -0.493 e. The van der Waals surface area contributed by atoms with Gasteiger partial charge in [0.1, 0.15) is 5.75 Å². The SMILES string of the molecule is C=CCc1cc(N)ccc1OCCCC(F)(F)F. The largest absolute Gasteiger partial charge is 0.493 e. The normalized spacial score (nSPS) is 11.3. The standard InChI is InChI=1S/C13H16F3NO/c1-2-4-10-9-11(17)5-6-12(10)18-8-3-7-13(14,15)16/h2,5-6,9H,1,3-4,7-8,17H2. The molecule has 18 heavy (non-hydrogen) atoms. The van der Waals surface area contributed by atoms with Crippen molar-refractivity contribution < 1.29 is 17.9 Å². The van der Waals surface area contributed by atoms with Crippen molar-refractivity contribution in [1.82, 2.24) is 0 Å². The number of hydrogen-bond acceptors (Lipinski definition) is 2. The first-order valence-electron chi connectivity index (χ1n) is 5.61. The van der Waals surface area contributed by atoms with Gasteiger partial charge in [-0.1, -0.05) is 6.08 Å². The summed E-state index contributed by atoms with van der Waals surface area (Å²) in [6.45, 7) is 3.65. The van der Waals surface area contributed by atoms with Gasteiger partial charge in [0.2, 0.25) is 0 Å². The molecule has 2 nitrogen and oxygen atoms in total. The lowest BCUT2D eigenvalue weighted by molar-refractivity contribution is -0.136. The molecule has 0 saturated heterocycles. The number of nitrogen functional groups attached to an aromatic ring is 1. The molecule has 0 bridgehead atoms. The summed E-state index contributed by atoms with van der Waals surface area (Å²) in [6.07, 6.45) is -2.76. The smallest absolute Gasteiger partial charge is 0.389 e. The Hall–Kier alpha value is -1.65. The Kier molecular flexibility index (Phi) is 5.07. The molecule has 0 aliphatic carbocycles. The van der Waals surface area contributed by atoms with E-state index in [4.69, 9.17) is 10.5 Å². The van der Waals surface area contributed by atoms with Crippen molar-refractivity contribution in [3.63, 3.8) is 0 Å². The van der Waals surface area contributed by atoms with E-state index in [9.17, 15) is 13.2 Å². The van der Waals surface area contributed by atoms with Crippen molar-refractivity contribution in [2.75, 3.05) is 12.3 Å². The summed E-state index contributed by atoms with van der Waals surface area (Å²) in [5, 5.41) is 0. The number of ether oxygens (including phenoxy) is 1. The van der Waals surface area contributed by atoms with Crippen molar-refractivity contribution in [1.29, 1.82) is 0 Å². The molecule has 0 radical (unpaired) electrons. The molecule has 0 aliphatic rings. The third-order valence-electron chi connectivity index (χ3n) is 2.31. The van der Waals surface area contributed by atoms with Crippen LogP contribution in [-0.2, 0) is 6.42 Å². The van der Waals surface area contributed by atoms with Crippen molar-refractivity contribution in [3.05, 3.63) is 36.4 Å². The summed E-state index contributed by atoms with van der Waals surface area (Å²) < 4.78 is 41.2. The number of alkyl halides is 3. The molecule has 0 spiro atoms. The lowest BCUT2D eigenvalue weighted by Gasteiger charge is -2.12. The van der Waals surface area contributed by atoms with E-state index < -0.39 is 12.6 Å². The summed E-state index contributed by atoms with van der Waals surface area (Å²) >= 11 is 0. The predicted octanol–water partition coefficient (Wildman–Crippen LogP) is 3.72. The molecule has 2 N–H and O–H groups in total. The number of benzene rings is 1. The van der Waals surface area contributed by atoms with Crippen LogP contribution in [0.4, 0.5) is 18.9 Å². The van der Waals surface area contributed by atoms with Gasteiger partial charge in [-0.05, 0) is 36.6 Å². The third kappa shape index (κ3) is 5.12. The van der Waals surface area contributed by atoms with Gasteiger partial charge in [0.15, 0.2) is 0 Å². The van der Waals surface area contributed by atoms with Gasteiger partial charge in [-0.15, -0.1) is 6.58 Å². The predicted molar refractivity (Wildman–Crippen MR) is 65.5 cm³/mol. The Bertz CT molecular complexity index is 402. The van der Waals surface area contributed by atoms with E-state index >= 15 is 0 Å². The maximum absolute atomic E-state index is 11.9. The van der Waals surface area contributed by atoms with Crippen LogP contribution in [0, 0.1) is 0 Å². The molecule has 5 heteroatoms. The molecular formula is C13H16F3NO. The number of anilines is 1. The van der Waals surface area contributed by atoms with E-state index in [1.165, 1.54) is 0 Å². The van der Waals surface area contributed by atoms with Crippen LogP contribution in [0.5, 0.6) is 5.75 Å². The molecule has 0 atom stereocenters. The van der Waals surface area contributed by atoms with Crippen LogP contribution in [-0.4, -0.2) is 12.8 Å². The van der Waals surface area contributed by atoms with Crippen molar-refractivity contribution in [3.8, 4) is 5.75 Å². The van der Waals surface area contributed by atoms with E-state index in [-0.39, 0.29) is 13.0 Å². The molecule has 0 amide bonds. The number of nitrogens with two attached hydrogens (primary N) is 1. The molecule has 0 saturated carbocycles. The van der Waals surface area contributed by atoms with Crippen LogP contribution in [0.15, 0.2) is 30.9 Å². The molecule has 1 aromatic carbocycles. The zero-order valence-corrected chi connectivity index (χ0v) is 9.96. The Morgan fingerprint density at radius 1 is 1.33 bits per heavy atom. The number of rotatable bonds is 6. The fourth-order valence-electron chi connectivity index (χ4n) is 1.51. The van der Waals surface area contributed by atoms with Crippen molar-refractivity contribution >= 4 is 5.69 Å². The van der Waals surface area contributed by atoms with E-state index in [1.807, 2.05) is 0 Å². The second kappa shape index (κ2) is 6.33. The van der Waals surface area contributed by atoms with Crippen molar-refractivity contribution in [2.24, 2.45) is 0 Å². The van der Waals surface area contributed by atoms with E-state index in [2.05, 4.69) is 6.58 Å². The monoisotopic (exact) mass is 259 g/mol. The molecule has 0 fully saturated rings. The second-order valence-corrected chi connectivity index (χ2v) is 3.93. The van der Waals surface area contributed by atoms with Gasteiger partial charge in [0, 0.05) is 12.1 Å². The number of hydrogen-bond donors (Lipinski definition) is 1. The Labute approximate surface area is 104 Å². The van der Waals surface area contributed by atoms with E-state index in [1.54, 1.807) is 24.3 Å². The van der Waals surface area contributed by atoms with Gasteiger partial charge in [0.05, 0.1) is 6.61 Å². The zero-order chi connectivity index (χ0) is 13.6. The Morgan fingerprint density at radius 2 is 2.06 bits per heavy atom. The highest BCUT2D eigenvalue weighted by Gasteiger charge is 2.26. The Morgan fingerprint density at radius 3 is 2.67 bits per heavy atom. The fraction of sp³-hybridized carbons (Fsp3) is 0.385. The minimum absolute atomic E-state index is 0.0353. The first-order chi connectivity index (χ1) is 8.42. The van der Waals surface area contributed by atoms with Crippen LogP contribution in [0.25, 0.3) is 0 Å². The van der Waals surface area contributed by atoms with Gasteiger partial charge in [-0.2, -0.15) is 13.2 Å². The van der Waals surface area contributed by atoms with Crippen LogP contribution in [0.1, 0.15) is 18.4 Å². The lowest BCUT2D eigenvalue weighted by Crippen LogP contribution is -2.10.